The van der Waals surface area contributed by atoms with Crippen LogP contribution in [0.4, 0.5) is 5.69 Å². The van der Waals surface area contributed by atoms with E-state index in [2.05, 4.69) is 0 Å². The Kier molecular flexibility index (Phi) is 5.09. The number of rotatable bonds is 4. The van der Waals surface area contributed by atoms with Gasteiger partial charge in [-0.1, -0.05) is 55.1 Å². The maximum atomic E-state index is 12.8. The largest absolute Gasteiger partial charge is 0.478 e. The standard InChI is InChI=1S/C20H20ClNO3/c21-15-10-16(20(24)25)18(17(22)11-15)19(23)14-8-6-13(7-9-14)12-4-2-1-3-5-12/h6-12H,1-5,22H2,(H,24,25). The van der Waals surface area contributed by atoms with E-state index in [4.69, 9.17) is 17.3 Å². The van der Waals surface area contributed by atoms with Crippen LogP contribution < -0.4 is 5.73 Å². The summed E-state index contributed by atoms with van der Waals surface area (Å²) in [5, 5.41) is 9.55. The third kappa shape index (κ3) is 3.69. The summed E-state index contributed by atoms with van der Waals surface area (Å²) < 4.78 is 0. The van der Waals surface area contributed by atoms with Gasteiger partial charge in [0.05, 0.1) is 11.1 Å². The molecule has 1 aliphatic carbocycles. The number of aromatic carboxylic acids is 1. The monoisotopic (exact) mass is 357 g/mol. The van der Waals surface area contributed by atoms with E-state index in [-0.39, 0.29) is 21.8 Å². The molecule has 0 unspecified atom stereocenters. The Labute approximate surface area is 151 Å². The lowest BCUT2D eigenvalue weighted by atomic mass is 9.83. The average molecular weight is 358 g/mol. The van der Waals surface area contributed by atoms with Crippen molar-refractivity contribution in [1.82, 2.24) is 0 Å². The Bertz CT molecular complexity index is 808. The normalized spacial score (nSPS) is 15.1. The second-order valence-corrected chi connectivity index (χ2v) is 6.95. The zero-order chi connectivity index (χ0) is 18.0. The molecule has 2 aromatic rings. The quantitative estimate of drug-likeness (QED) is 0.602. The number of halogens is 1. The van der Waals surface area contributed by atoms with Crippen molar-refractivity contribution in [3.8, 4) is 0 Å². The fourth-order valence-electron chi connectivity index (χ4n) is 3.54. The third-order valence-corrected chi connectivity index (χ3v) is 5.06. The number of nitrogens with two attached hydrogens (primary N) is 1. The van der Waals surface area contributed by atoms with Crippen LogP contribution in [0.3, 0.4) is 0 Å². The molecule has 0 amide bonds. The number of carboxylic acids is 1. The highest BCUT2D eigenvalue weighted by atomic mass is 35.5. The minimum Gasteiger partial charge on any atom is -0.478 e. The van der Waals surface area contributed by atoms with E-state index in [1.165, 1.54) is 49.8 Å². The van der Waals surface area contributed by atoms with Crippen LogP contribution in [0.2, 0.25) is 5.02 Å². The van der Waals surface area contributed by atoms with Crippen molar-refractivity contribution in [2.75, 3.05) is 5.73 Å². The molecule has 0 aliphatic heterocycles. The number of carboxylic acid groups (broad SMARTS) is 1. The molecule has 3 N–H and O–H groups in total. The SMILES string of the molecule is Nc1cc(Cl)cc(C(=O)O)c1C(=O)c1ccc(C2CCCCC2)cc1. The summed E-state index contributed by atoms with van der Waals surface area (Å²) in [4.78, 5) is 24.3. The molecule has 0 heterocycles. The lowest BCUT2D eigenvalue weighted by Crippen LogP contribution is -2.13. The van der Waals surface area contributed by atoms with Gasteiger partial charge in [-0.15, -0.1) is 0 Å². The van der Waals surface area contributed by atoms with Gasteiger partial charge in [0.15, 0.2) is 5.78 Å². The second-order valence-electron chi connectivity index (χ2n) is 6.51. The van der Waals surface area contributed by atoms with Gasteiger partial charge in [0.25, 0.3) is 0 Å². The van der Waals surface area contributed by atoms with E-state index >= 15 is 0 Å². The van der Waals surface area contributed by atoms with Crippen LogP contribution >= 0.6 is 11.6 Å². The first-order valence-electron chi connectivity index (χ1n) is 8.44. The van der Waals surface area contributed by atoms with Crippen LogP contribution in [-0.2, 0) is 0 Å². The first-order chi connectivity index (χ1) is 12.0. The Balaban J connectivity index is 1.92. The molecule has 0 saturated heterocycles. The van der Waals surface area contributed by atoms with Crippen LogP contribution in [0.5, 0.6) is 0 Å². The van der Waals surface area contributed by atoms with E-state index in [1.807, 2.05) is 12.1 Å². The molecule has 4 nitrogen and oxygen atoms in total. The van der Waals surface area contributed by atoms with Gasteiger partial charge in [-0.05, 0) is 36.5 Å². The molecule has 1 aliphatic rings. The molecule has 1 fully saturated rings. The molecule has 1 saturated carbocycles. The first kappa shape index (κ1) is 17.5. The van der Waals surface area contributed by atoms with Gasteiger partial charge in [0.2, 0.25) is 0 Å². The fourth-order valence-corrected chi connectivity index (χ4v) is 3.76. The summed E-state index contributed by atoms with van der Waals surface area (Å²) in [5.41, 5.74) is 7.43. The minimum atomic E-state index is -1.23. The molecule has 130 valence electrons. The average Bonchev–Trinajstić information content (AvgIpc) is 2.61. The zero-order valence-electron chi connectivity index (χ0n) is 13.8. The van der Waals surface area contributed by atoms with E-state index in [9.17, 15) is 14.7 Å². The number of carbonyl (C=O) groups is 2. The highest BCUT2D eigenvalue weighted by Gasteiger charge is 2.22. The second kappa shape index (κ2) is 7.28. The van der Waals surface area contributed by atoms with Gasteiger partial charge in [0.1, 0.15) is 0 Å². The summed E-state index contributed by atoms with van der Waals surface area (Å²) in [5.74, 6) is -1.08. The number of hydrogen-bond acceptors (Lipinski definition) is 3. The number of benzene rings is 2. The molecule has 2 aromatic carbocycles. The molecule has 0 spiro atoms. The number of anilines is 1. The van der Waals surface area contributed by atoms with Crippen molar-refractivity contribution in [3.63, 3.8) is 0 Å². The maximum absolute atomic E-state index is 12.8. The Morgan fingerprint density at radius 1 is 1.04 bits per heavy atom. The van der Waals surface area contributed by atoms with Crippen molar-refractivity contribution in [2.24, 2.45) is 0 Å². The summed E-state index contributed by atoms with van der Waals surface area (Å²) in [6.07, 6.45) is 6.14. The van der Waals surface area contributed by atoms with E-state index in [0.29, 0.717) is 11.5 Å². The molecule has 0 aromatic heterocycles. The molecular weight excluding hydrogens is 338 g/mol. The predicted molar refractivity (Wildman–Crippen MR) is 98.5 cm³/mol. The van der Waals surface area contributed by atoms with Crippen LogP contribution in [0.1, 0.15) is 69.9 Å². The van der Waals surface area contributed by atoms with Crippen LogP contribution in [0, 0.1) is 0 Å². The zero-order valence-corrected chi connectivity index (χ0v) is 14.6. The topological polar surface area (TPSA) is 80.4 Å². The van der Waals surface area contributed by atoms with Gasteiger partial charge in [-0.2, -0.15) is 0 Å². The van der Waals surface area contributed by atoms with Crippen molar-refractivity contribution in [3.05, 3.63) is 63.7 Å². The summed E-state index contributed by atoms with van der Waals surface area (Å²) in [6, 6.07) is 10.1. The highest BCUT2D eigenvalue weighted by molar-refractivity contribution is 6.32. The van der Waals surface area contributed by atoms with E-state index in [0.717, 1.165) is 0 Å². The van der Waals surface area contributed by atoms with Crippen LogP contribution in [0.25, 0.3) is 0 Å². The number of carbonyl (C=O) groups excluding carboxylic acids is 1. The van der Waals surface area contributed by atoms with Crippen LogP contribution in [0.15, 0.2) is 36.4 Å². The third-order valence-electron chi connectivity index (χ3n) is 4.84. The molecular formula is C20H20ClNO3. The number of hydrogen-bond donors (Lipinski definition) is 2. The fraction of sp³-hybridized carbons (Fsp3) is 0.300. The molecule has 25 heavy (non-hydrogen) atoms. The molecule has 3 rings (SSSR count). The molecule has 0 radical (unpaired) electrons. The molecule has 0 atom stereocenters. The Hall–Kier alpha value is -2.33. The summed E-state index contributed by atoms with van der Waals surface area (Å²) >= 11 is 5.87. The summed E-state index contributed by atoms with van der Waals surface area (Å²) in [6.45, 7) is 0. The number of nitrogen functional groups attached to an aromatic ring is 1. The van der Waals surface area contributed by atoms with Crippen LogP contribution in [-0.4, -0.2) is 16.9 Å². The molecule has 0 bridgehead atoms. The molecule has 5 heteroatoms. The van der Waals surface area contributed by atoms with Gasteiger partial charge < -0.3 is 10.8 Å². The van der Waals surface area contributed by atoms with Gasteiger partial charge in [-0.3, -0.25) is 4.79 Å². The number of ketones is 1. The van der Waals surface area contributed by atoms with Gasteiger partial charge >= 0.3 is 5.97 Å². The summed E-state index contributed by atoms with van der Waals surface area (Å²) in [7, 11) is 0. The smallest absolute Gasteiger partial charge is 0.336 e. The Morgan fingerprint density at radius 3 is 2.28 bits per heavy atom. The van der Waals surface area contributed by atoms with Crippen molar-refractivity contribution < 1.29 is 14.7 Å². The first-order valence-corrected chi connectivity index (χ1v) is 8.82. The minimum absolute atomic E-state index is 0.0117. The van der Waals surface area contributed by atoms with E-state index in [1.54, 1.807) is 12.1 Å². The lowest BCUT2D eigenvalue weighted by molar-refractivity contribution is 0.0693. The lowest BCUT2D eigenvalue weighted by Gasteiger charge is -2.22. The maximum Gasteiger partial charge on any atom is 0.336 e. The highest BCUT2D eigenvalue weighted by Crippen LogP contribution is 2.33. The van der Waals surface area contributed by atoms with Gasteiger partial charge in [0, 0.05) is 16.3 Å². The van der Waals surface area contributed by atoms with Crippen molar-refractivity contribution >= 4 is 29.0 Å². The van der Waals surface area contributed by atoms with Gasteiger partial charge in [-0.25, -0.2) is 4.79 Å². The van der Waals surface area contributed by atoms with E-state index < -0.39 is 11.8 Å². The van der Waals surface area contributed by atoms with Crippen molar-refractivity contribution in [1.29, 1.82) is 0 Å². The van der Waals surface area contributed by atoms with Crippen molar-refractivity contribution in [2.45, 2.75) is 38.0 Å². The predicted octanol–water partition coefficient (Wildman–Crippen LogP) is 4.90. The Morgan fingerprint density at radius 2 is 1.68 bits per heavy atom.